The van der Waals surface area contributed by atoms with Gasteiger partial charge in [0.05, 0.1) is 11.1 Å². The highest BCUT2D eigenvalue weighted by Crippen LogP contribution is 2.54. The number of halogens is 1. The Balaban J connectivity index is 2.18. The molecule has 3 heterocycles. The van der Waals surface area contributed by atoms with E-state index in [1.165, 1.54) is 57.6 Å². The van der Waals surface area contributed by atoms with Crippen LogP contribution < -0.4 is 0 Å². The molecule has 1 aromatic heterocycles. The zero-order chi connectivity index (χ0) is 20.6. The van der Waals surface area contributed by atoms with E-state index >= 15 is 0 Å². The van der Waals surface area contributed by atoms with Crippen molar-refractivity contribution < 1.29 is 35.0 Å². The summed E-state index contributed by atoms with van der Waals surface area (Å²) < 4.78 is 0.483. The van der Waals surface area contributed by atoms with Crippen LogP contribution in [0.4, 0.5) is 0 Å². The summed E-state index contributed by atoms with van der Waals surface area (Å²) in [6, 6.07) is 2.93. The van der Waals surface area contributed by atoms with Crippen molar-refractivity contribution in [3.05, 3.63) is 28.5 Å². The van der Waals surface area contributed by atoms with Crippen LogP contribution in [0.25, 0.3) is 0 Å². The Hall–Kier alpha value is -0.855. The molecule has 0 spiro atoms. The maximum Gasteiger partial charge on any atom is 0.301 e. The van der Waals surface area contributed by atoms with Gasteiger partial charge in [-0.3, -0.25) is 9.69 Å². The fourth-order valence-corrected chi connectivity index (χ4v) is 4.02. The molecule has 1 aromatic rings. The Bertz CT molecular complexity index is 775. The predicted octanol–water partition coefficient (Wildman–Crippen LogP) is -7.08. The number of hydrogen-bond acceptors (Lipinski definition) is 9. The first kappa shape index (κ1) is 20.9. The summed E-state index contributed by atoms with van der Waals surface area (Å²) in [5, 5.41) is 42.0. The minimum atomic E-state index is -2.87. The van der Waals surface area contributed by atoms with Crippen molar-refractivity contribution >= 4 is 61.1 Å². The van der Waals surface area contributed by atoms with Gasteiger partial charge < -0.3 is 20.4 Å². The summed E-state index contributed by atoms with van der Waals surface area (Å²) in [6.45, 7) is 0. The third kappa shape index (κ3) is 2.59. The van der Waals surface area contributed by atoms with Gasteiger partial charge in [-0.15, -0.1) is 0 Å². The number of carbonyl (C=O) groups is 1. The lowest BCUT2D eigenvalue weighted by Gasteiger charge is -2.73. The summed E-state index contributed by atoms with van der Waals surface area (Å²) in [7, 11) is 6.59. The number of aromatic nitrogens is 1. The van der Waals surface area contributed by atoms with Crippen LogP contribution in [0.15, 0.2) is 22.9 Å². The molecular weight excluding hydrogens is 420 g/mol. The molecule has 4 N–H and O–H groups in total. The first-order valence-electron chi connectivity index (χ1n) is 8.14. The normalized spacial score (nSPS) is 32.4. The van der Waals surface area contributed by atoms with E-state index in [9.17, 15) is 25.2 Å². The maximum absolute atomic E-state index is 13.1. The molecule has 10 nitrogen and oxygen atoms in total. The third-order valence-electron chi connectivity index (χ3n) is 5.07. The van der Waals surface area contributed by atoms with E-state index in [0.717, 1.165) is 4.90 Å². The lowest BCUT2D eigenvalue weighted by molar-refractivity contribution is -0.671. The number of amides is 1. The lowest BCUT2D eigenvalue weighted by Crippen LogP contribution is -2.98. The molecule has 140 valence electrons. The minimum Gasteiger partial charge on any atom is -0.393 e. The van der Waals surface area contributed by atoms with Crippen molar-refractivity contribution in [1.29, 1.82) is 0 Å². The quantitative estimate of drug-likeness (QED) is 0.154. The minimum absolute atomic E-state index is 0.0252. The molecule has 2 atom stereocenters. The van der Waals surface area contributed by atoms with Crippen molar-refractivity contribution in [2.75, 3.05) is 0 Å². The zero-order valence-corrected chi connectivity index (χ0v) is 17.1. The van der Waals surface area contributed by atoms with Crippen molar-refractivity contribution in [3.8, 4) is 0 Å². The number of nitrogens with zero attached hydrogens (tertiary/aromatic N) is 3. The van der Waals surface area contributed by atoms with E-state index in [4.69, 9.17) is 9.78 Å². The van der Waals surface area contributed by atoms with Gasteiger partial charge in [0.25, 0.3) is 11.8 Å². The Morgan fingerprint density at radius 2 is 1.78 bits per heavy atom. The number of hydrogen-bond donors (Lipinski definition) is 4. The molecule has 0 aromatic carbocycles. The summed E-state index contributed by atoms with van der Waals surface area (Å²) in [5.41, 5.74) is -3.79. The van der Waals surface area contributed by atoms with E-state index in [0.29, 0.717) is 9.50 Å². The van der Waals surface area contributed by atoms with Crippen LogP contribution >= 0.6 is 15.9 Å². The molecular formula is C11H17B5BrN3O7. The number of pyridine rings is 1. The van der Waals surface area contributed by atoms with Crippen LogP contribution in [0.5, 0.6) is 0 Å². The zero-order valence-electron chi connectivity index (χ0n) is 15.5. The number of aliphatic hydroxyl groups is 4. The lowest BCUT2D eigenvalue weighted by atomic mass is 9.50. The predicted molar refractivity (Wildman–Crippen MR) is 107 cm³/mol. The molecule has 0 radical (unpaired) electrons. The Labute approximate surface area is 167 Å². The highest BCUT2D eigenvalue weighted by molar-refractivity contribution is 9.10. The summed E-state index contributed by atoms with van der Waals surface area (Å²) in [5.74, 6) is -6.10. The second kappa shape index (κ2) is 5.83. The molecule has 0 aliphatic carbocycles. The van der Waals surface area contributed by atoms with Gasteiger partial charge >= 0.3 is 5.91 Å². The second-order valence-corrected chi connectivity index (χ2v) is 8.60. The Morgan fingerprint density at radius 1 is 1.19 bits per heavy atom. The third-order valence-corrected chi connectivity index (χ3v) is 5.54. The van der Waals surface area contributed by atoms with Crippen LogP contribution in [0.3, 0.4) is 0 Å². The molecule has 1 amide bonds. The molecule has 2 saturated heterocycles. The molecule has 0 saturated carbocycles. The van der Waals surface area contributed by atoms with Gasteiger partial charge in [0, 0.05) is 11.5 Å². The highest BCUT2D eigenvalue weighted by Gasteiger charge is 2.81. The van der Waals surface area contributed by atoms with Gasteiger partial charge in [0.2, 0.25) is 5.62 Å². The van der Waals surface area contributed by atoms with Crippen LogP contribution in [0.1, 0.15) is 10.4 Å². The van der Waals surface area contributed by atoms with Gasteiger partial charge in [-0.25, -0.2) is 14.8 Å². The maximum atomic E-state index is 13.1. The Morgan fingerprint density at radius 3 is 2.19 bits per heavy atom. The molecule has 2 aliphatic rings. The fraction of sp³-hybridized carbons (Fsp3) is 0.455. The number of rotatable bonds is 2. The van der Waals surface area contributed by atoms with Gasteiger partial charge in [0.15, 0.2) is 7.85 Å². The van der Waals surface area contributed by atoms with E-state index < -0.39 is 34.2 Å². The van der Waals surface area contributed by atoms with Gasteiger partial charge in [-0.05, 0) is 28.1 Å². The number of fused-ring (bicyclic) bond motifs is 1. The van der Waals surface area contributed by atoms with Gasteiger partial charge in [-0.2, -0.15) is 4.89 Å². The first-order valence-corrected chi connectivity index (χ1v) is 8.93. The number of carbonyl (C=O) groups excluding carboxylic acids is 1. The van der Waals surface area contributed by atoms with E-state index in [-0.39, 0.29) is 5.56 Å². The molecule has 3 rings (SSSR count). The average Bonchev–Trinajstić information content (AvgIpc) is 2.51. The van der Waals surface area contributed by atoms with Crippen LogP contribution in [0, 0.1) is 0 Å². The fourth-order valence-electron chi connectivity index (χ4n) is 3.79. The van der Waals surface area contributed by atoms with Crippen molar-refractivity contribution in [3.63, 3.8) is 0 Å². The molecule has 2 unspecified atom stereocenters. The first-order chi connectivity index (χ1) is 12.1. The van der Waals surface area contributed by atoms with Crippen LogP contribution in [-0.2, 0) is 9.78 Å². The van der Waals surface area contributed by atoms with Crippen LogP contribution in [0.2, 0.25) is 0 Å². The van der Waals surface area contributed by atoms with E-state index in [1.807, 2.05) is 0 Å². The highest BCUT2D eigenvalue weighted by atomic mass is 79.9. The molecule has 0 bridgehead atoms. The summed E-state index contributed by atoms with van der Waals surface area (Å²) in [6.07, 6.45) is 1.24. The average molecular weight is 437 g/mol. The van der Waals surface area contributed by atoms with Crippen molar-refractivity contribution in [2.24, 2.45) is 0 Å². The largest absolute Gasteiger partial charge is 0.393 e. The standard InChI is InChI=1S/C11H17B5BrN3O7/c12-7(13)9(22,23)19(6(21)4-1-2-5(17)18-3-4)8(14)10(24,27-26-8)20(7)11(15,16)25/h1-3,22-25H,12-16H2. The van der Waals surface area contributed by atoms with Crippen molar-refractivity contribution in [2.45, 2.75) is 28.3 Å². The molecule has 27 heavy (non-hydrogen) atoms. The second-order valence-electron chi connectivity index (χ2n) is 7.79. The van der Waals surface area contributed by atoms with Crippen LogP contribution in [-0.4, -0.2) is 109 Å². The monoisotopic (exact) mass is 437 g/mol. The van der Waals surface area contributed by atoms with Gasteiger partial charge in [0.1, 0.15) is 36.0 Å². The molecule has 2 aliphatic heterocycles. The topological polar surface area (TPSA) is 136 Å². The number of piperazine rings is 1. The van der Waals surface area contributed by atoms with E-state index in [1.54, 1.807) is 0 Å². The SMILES string of the molecule is BC(B)(O)N1C(B)(B)C(O)(O)N(C(=O)c2ccc(Br)nc2)C2(B)OOC12O. The molecule has 16 heteroatoms. The van der Waals surface area contributed by atoms with E-state index in [2.05, 4.69) is 20.9 Å². The molecule has 2 fully saturated rings. The summed E-state index contributed by atoms with van der Waals surface area (Å²) >= 11 is 3.16. The smallest absolute Gasteiger partial charge is 0.301 e. The van der Waals surface area contributed by atoms with Crippen molar-refractivity contribution in [1.82, 2.24) is 14.8 Å². The summed E-state index contributed by atoms with van der Waals surface area (Å²) in [4.78, 5) is 28.5. The van der Waals surface area contributed by atoms with Gasteiger partial charge in [-0.1, -0.05) is 0 Å². The Kier molecular flexibility index (Phi) is 4.51.